The molecule has 0 aliphatic heterocycles. The highest BCUT2D eigenvalue weighted by Crippen LogP contribution is 2.37. The van der Waals surface area contributed by atoms with Crippen LogP contribution in [0.25, 0.3) is 11.4 Å². The average Bonchev–Trinajstić information content (AvgIpc) is 3.19. The van der Waals surface area contributed by atoms with Crippen molar-refractivity contribution in [2.24, 2.45) is 7.05 Å². The van der Waals surface area contributed by atoms with Crippen molar-refractivity contribution in [1.29, 1.82) is 0 Å². The Morgan fingerprint density at radius 3 is 2.41 bits per heavy atom. The molecule has 1 heterocycles. The zero-order valence-electron chi connectivity index (χ0n) is 17.5. The number of amides is 1. The normalized spacial score (nSPS) is 11.7. The van der Waals surface area contributed by atoms with Gasteiger partial charge >= 0.3 is 0 Å². The van der Waals surface area contributed by atoms with Crippen molar-refractivity contribution in [2.45, 2.75) is 10.4 Å². The molecular formula is C24H21FN4O2S. The minimum Gasteiger partial charge on any atom is -0.496 e. The molecule has 0 radical (unpaired) electrons. The molecule has 162 valence electrons. The van der Waals surface area contributed by atoms with Crippen molar-refractivity contribution in [3.05, 3.63) is 90.2 Å². The highest BCUT2D eigenvalue weighted by molar-refractivity contribution is 8.00. The van der Waals surface area contributed by atoms with E-state index >= 15 is 0 Å². The van der Waals surface area contributed by atoms with E-state index in [1.165, 1.54) is 36.0 Å². The third kappa shape index (κ3) is 4.65. The molecule has 0 saturated heterocycles. The lowest BCUT2D eigenvalue weighted by Crippen LogP contribution is -2.19. The molecule has 4 rings (SSSR count). The first-order valence-electron chi connectivity index (χ1n) is 9.87. The van der Waals surface area contributed by atoms with E-state index in [0.29, 0.717) is 22.4 Å². The average molecular weight is 449 g/mol. The molecule has 0 saturated carbocycles. The molecule has 0 bridgehead atoms. The van der Waals surface area contributed by atoms with Crippen molar-refractivity contribution >= 4 is 23.4 Å². The van der Waals surface area contributed by atoms with Gasteiger partial charge in [0, 0.05) is 12.7 Å². The fourth-order valence-corrected chi connectivity index (χ4v) is 4.23. The number of anilines is 1. The van der Waals surface area contributed by atoms with Crippen LogP contribution < -0.4 is 10.1 Å². The number of aromatic nitrogens is 3. The molecule has 0 aliphatic rings. The number of nitrogens with zero attached hydrogens (tertiary/aromatic N) is 3. The summed E-state index contributed by atoms with van der Waals surface area (Å²) in [6.07, 6.45) is 0. The van der Waals surface area contributed by atoms with Crippen molar-refractivity contribution in [3.8, 4) is 17.1 Å². The van der Waals surface area contributed by atoms with E-state index in [-0.39, 0.29) is 11.7 Å². The fourth-order valence-electron chi connectivity index (χ4n) is 3.23. The van der Waals surface area contributed by atoms with Gasteiger partial charge in [-0.15, -0.1) is 10.2 Å². The predicted octanol–water partition coefficient (Wildman–Crippen LogP) is 5.10. The van der Waals surface area contributed by atoms with Crippen LogP contribution >= 0.6 is 11.8 Å². The van der Waals surface area contributed by atoms with Crippen LogP contribution in [0, 0.1) is 5.82 Å². The predicted molar refractivity (Wildman–Crippen MR) is 123 cm³/mol. The number of benzene rings is 3. The maximum absolute atomic E-state index is 13.2. The molecule has 0 fully saturated rings. The van der Waals surface area contributed by atoms with Gasteiger partial charge in [0.25, 0.3) is 0 Å². The fraction of sp³-hybridized carbons (Fsp3) is 0.125. The first-order chi connectivity index (χ1) is 15.6. The maximum Gasteiger partial charge on any atom is 0.242 e. The molecule has 1 aromatic heterocycles. The second-order valence-electron chi connectivity index (χ2n) is 6.97. The summed E-state index contributed by atoms with van der Waals surface area (Å²) in [6, 6.07) is 22.7. The van der Waals surface area contributed by atoms with Crippen LogP contribution in [0.15, 0.2) is 84.0 Å². The van der Waals surface area contributed by atoms with Gasteiger partial charge in [0.2, 0.25) is 5.91 Å². The number of rotatable bonds is 7. The van der Waals surface area contributed by atoms with Crippen molar-refractivity contribution in [1.82, 2.24) is 14.8 Å². The SMILES string of the molecule is COc1ccccc1-c1nnc(SC(C(=O)Nc2ccc(F)cc2)c2ccccc2)n1C. The van der Waals surface area contributed by atoms with Crippen LogP contribution in [-0.2, 0) is 11.8 Å². The number of carbonyl (C=O) groups excluding carboxylic acids is 1. The Morgan fingerprint density at radius 2 is 1.69 bits per heavy atom. The third-order valence-corrected chi connectivity index (χ3v) is 6.15. The molecular weight excluding hydrogens is 427 g/mol. The second-order valence-corrected chi connectivity index (χ2v) is 8.04. The van der Waals surface area contributed by atoms with Crippen LogP contribution in [0.3, 0.4) is 0 Å². The Balaban J connectivity index is 1.64. The van der Waals surface area contributed by atoms with E-state index in [1.54, 1.807) is 7.11 Å². The molecule has 3 aromatic carbocycles. The third-order valence-electron chi connectivity index (χ3n) is 4.86. The number of methoxy groups -OCH3 is 1. The van der Waals surface area contributed by atoms with Crippen LogP contribution in [0.1, 0.15) is 10.8 Å². The summed E-state index contributed by atoms with van der Waals surface area (Å²) in [5, 5.41) is 11.5. The zero-order valence-corrected chi connectivity index (χ0v) is 18.3. The van der Waals surface area contributed by atoms with Gasteiger partial charge in [0.05, 0.1) is 12.7 Å². The zero-order chi connectivity index (χ0) is 22.5. The summed E-state index contributed by atoms with van der Waals surface area (Å²) in [5.41, 5.74) is 2.15. The molecule has 1 amide bonds. The van der Waals surface area contributed by atoms with Crippen LogP contribution in [-0.4, -0.2) is 27.8 Å². The van der Waals surface area contributed by atoms with Gasteiger partial charge in [-0.1, -0.05) is 54.2 Å². The maximum atomic E-state index is 13.2. The summed E-state index contributed by atoms with van der Waals surface area (Å²) in [4.78, 5) is 13.2. The smallest absolute Gasteiger partial charge is 0.242 e. The van der Waals surface area contributed by atoms with Crippen LogP contribution in [0.5, 0.6) is 5.75 Å². The quantitative estimate of drug-likeness (QED) is 0.398. The van der Waals surface area contributed by atoms with Gasteiger partial charge in [0.15, 0.2) is 11.0 Å². The number of hydrogen-bond donors (Lipinski definition) is 1. The second kappa shape index (κ2) is 9.65. The number of halogens is 1. The number of ether oxygens (including phenoxy) is 1. The lowest BCUT2D eigenvalue weighted by molar-refractivity contribution is -0.115. The minimum absolute atomic E-state index is 0.241. The minimum atomic E-state index is -0.588. The summed E-state index contributed by atoms with van der Waals surface area (Å²) < 4.78 is 20.5. The Bertz CT molecular complexity index is 1210. The van der Waals surface area contributed by atoms with Crippen LogP contribution in [0.2, 0.25) is 0 Å². The first-order valence-corrected chi connectivity index (χ1v) is 10.8. The van der Waals surface area contributed by atoms with Crippen molar-refractivity contribution < 1.29 is 13.9 Å². The molecule has 6 nitrogen and oxygen atoms in total. The van der Waals surface area contributed by atoms with Gasteiger partial charge < -0.3 is 14.6 Å². The molecule has 1 atom stereocenters. The van der Waals surface area contributed by atoms with Crippen LogP contribution in [0.4, 0.5) is 10.1 Å². The van der Waals surface area contributed by atoms with Gasteiger partial charge in [-0.2, -0.15) is 0 Å². The molecule has 1 N–H and O–H groups in total. The Hall–Kier alpha value is -3.65. The molecule has 0 spiro atoms. The first kappa shape index (κ1) is 21.6. The standard InChI is InChI=1S/C24H21FN4O2S/c1-29-22(19-10-6-7-11-20(19)31-2)27-28-24(29)32-21(16-8-4-3-5-9-16)23(30)26-18-14-12-17(25)13-15-18/h3-15,21H,1-2H3,(H,26,30). The molecule has 32 heavy (non-hydrogen) atoms. The number of thioether (sulfide) groups is 1. The van der Waals surface area contributed by atoms with E-state index in [9.17, 15) is 9.18 Å². The number of hydrogen-bond acceptors (Lipinski definition) is 5. The largest absolute Gasteiger partial charge is 0.496 e. The van der Waals surface area contributed by atoms with Gasteiger partial charge in [-0.25, -0.2) is 4.39 Å². The van der Waals surface area contributed by atoms with E-state index in [1.807, 2.05) is 66.2 Å². The monoisotopic (exact) mass is 448 g/mol. The van der Waals surface area contributed by atoms with Crippen molar-refractivity contribution in [3.63, 3.8) is 0 Å². The topological polar surface area (TPSA) is 69.0 Å². The Morgan fingerprint density at radius 1 is 1.00 bits per heavy atom. The van der Waals surface area contributed by atoms with E-state index < -0.39 is 5.25 Å². The lowest BCUT2D eigenvalue weighted by atomic mass is 10.1. The summed E-state index contributed by atoms with van der Waals surface area (Å²) in [6.45, 7) is 0. The molecule has 8 heteroatoms. The van der Waals surface area contributed by atoms with Gasteiger partial charge in [0.1, 0.15) is 16.8 Å². The van der Waals surface area contributed by atoms with Gasteiger partial charge in [-0.05, 0) is 42.0 Å². The van der Waals surface area contributed by atoms with E-state index in [2.05, 4.69) is 15.5 Å². The van der Waals surface area contributed by atoms with Gasteiger partial charge in [-0.3, -0.25) is 4.79 Å². The summed E-state index contributed by atoms with van der Waals surface area (Å²) in [5.74, 6) is 0.721. The summed E-state index contributed by atoms with van der Waals surface area (Å²) >= 11 is 1.29. The molecule has 1 unspecified atom stereocenters. The number of nitrogens with one attached hydrogen (secondary N) is 1. The Labute approximate surface area is 189 Å². The Kier molecular flexibility index (Phi) is 6.51. The highest BCUT2D eigenvalue weighted by Gasteiger charge is 2.26. The highest BCUT2D eigenvalue weighted by atomic mass is 32.2. The van der Waals surface area contributed by atoms with E-state index in [0.717, 1.165) is 11.1 Å². The van der Waals surface area contributed by atoms with Crippen molar-refractivity contribution in [2.75, 3.05) is 12.4 Å². The number of para-hydroxylation sites is 1. The lowest BCUT2D eigenvalue weighted by Gasteiger charge is -2.17. The molecule has 0 aliphatic carbocycles. The van der Waals surface area contributed by atoms with E-state index in [4.69, 9.17) is 4.74 Å². The molecule has 4 aromatic rings. The number of carbonyl (C=O) groups is 1. The summed E-state index contributed by atoms with van der Waals surface area (Å²) in [7, 11) is 3.46.